The lowest BCUT2D eigenvalue weighted by Crippen LogP contribution is -1.99. The van der Waals surface area contributed by atoms with Crippen molar-refractivity contribution in [2.24, 2.45) is 0 Å². The number of rotatable bonds is 3. The van der Waals surface area contributed by atoms with E-state index in [1.807, 2.05) is 42.5 Å². The van der Waals surface area contributed by atoms with Crippen LogP contribution in [0.15, 0.2) is 42.5 Å². The summed E-state index contributed by atoms with van der Waals surface area (Å²) in [4.78, 5) is 0. The molecule has 0 saturated carbocycles. The molecule has 0 aliphatic carbocycles. The lowest BCUT2D eigenvalue weighted by molar-refractivity contribution is 0.536. The van der Waals surface area contributed by atoms with E-state index < -0.39 is 11.1 Å². The van der Waals surface area contributed by atoms with Crippen molar-refractivity contribution in [3.05, 3.63) is 48.0 Å². The van der Waals surface area contributed by atoms with Crippen LogP contribution in [0.2, 0.25) is 0 Å². The van der Waals surface area contributed by atoms with Crippen LogP contribution < -0.4 is 0 Å². The van der Waals surface area contributed by atoms with Crippen molar-refractivity contribution >= 4 is 21.9 Å². The molecule has 0 N–H and O–H groups in total. The van der Waals surface area contributed by atoms with Crippen LogP contribution in [0.5, 0.6) is 0 Å². The van der Waals surface area contributed by atoms with E-state index in [9.17, 15) is 8.76 Å². The Morgan fingerprint density at radius 1 is 1.07 bits per heavy atom. The van der Waals surface area contributed by atoms with Gasteiger partial charge >= 0.3 is 0 Å². The zero-order valence-corrected chi connectivity index (χ0v) is 9.00. The molecule has 0 fully saturated rings. The van der Waals surface area contributed by atoms with Gasteiger partial charge in [-0.05, 0) is 22.8 Å². The Hall–Kier alpha value is -1.19. The monoisotopic (exact) mass is 219 g/mol. The molecule has 0 heterocycles. The molecule has 0 aromatic heterocycles. The van der Waals surface area contributed by atoms with Crippen molar-refractivity contribution in [1.29, 1.82) is 0 Å². The maximum absolute atomic E-state index is 10.5. The second-order valence-corrected chi connectivity index (χ2v) is 4.41. The van der Waals surface area contributed by atoms with Crippen LogP contribution in [0.1, 0.15) is 5.56 Å². The molecule has 3 heteroatoms. The Kier molecular flexibility index (Phi) is 3.14. The van der Waals surface area contributed by atoms with E-state index in [1.165, 1.54) is 0 Å². The SMILES string of the molecule is O=S([O-])CCc1cccc2ccccc12. The van der Waals surface area contributed by atoms with E-state index in [-0.39, 0.29) is 5.75 Å². The van der Waals surface area contributed by atoms with Crippen LogP contribution in [0.3, 0.4) is 0 Å². The van der Waals surface area contributed by atoms with Gasteiger partial charge in [0, 0.05) is 5.75 Å². The van der Waals surface area contributed by atoms with Gasteiger partial charge in [-0.25, -0.2) is 0 Å². The summed E-state index contributed by atoms with van der Waals surface area (Å²) in [5, 5.41) is 2.30. The minimum absolute atomic E-state index is 0.188. The van der Waals surface area contributed by atoms with Crippen LogP contribution >= 0.6 is 0 Å². The van der Waals surface area contributed by atoms with Crippen molar-refractivity contribution in [2.45, 2.75) is 6.42 Å². The highest BCUT2D eigenvalue weighted by Gasteiger charge is 1.99. The van der Waals surface area contributed by atoms with E-state index in [4.69, 9.17) is 0 Å². The first-order valence-corrected chi connectivity index (χ1v) is 6.04. The van der Waals surface area contributed by atoms with Gasteiger partial charge in [-0.1, -0.05) is 53.5 Å². The summed E-state index contributed by atoms with van der Waals surface area (Å²) >= 11 is -1.96. The van der Waals surface area contributed by atoms with Crippen LogP contribution in [0.4, 0.5) is 0 Å². The highest BCUT2D eigenvalue weighted by molar-refractivity contribution is 7.79. The number of fused-ring (bicyclic) bond motifs is 1. The van der Waals surface area contributed by atoms with Gasteiger partial charge in [-0.15, -0.1) is 0 Å². The zero-order valence-electron chi connectivity index (χ0n) is 8.18. The summed E-state index contributed by atoms with van der Waals surface area (Å²) < 4.78 is 21.0. The van der Waals surface area contributed by atoms with E-state index in [2.05, 4.69) is 0 Å². The number of benzene rings is 2. The zero-order chi connectivity index (χ0) is 10.7. The van der Waals surface area contributed by atoms with Gasteiger partial charge in [0.15, 0.2) is 0 Å². The molecule has 0 saturated heterocycles. The second kappa shape index (κ2) is 4.55. The number of hydrogen-bond acceptors (Lipinski definition) is 2. The maximum atomic E-state index is 10.5. The Bertz CT molecular complexity index is 488. The Balaban J connectivity index is 2.38. The molecule has 2 aromatic carbocycles. The quantitative estimate of drug-likeness (QED) is 0.743. The van der Waals surface area contributed by atoms with Crippen molar-refractivity contribution in [3.63, 3.8) is 0 Å². The molecular weight excluding hydrogens is 208 g/mol. The van der Waals surface area contributed by atoms with E-state index in [0.717, 1.165) is 16.3 Å². The molecule has 2 aromatic rings. The molecular formula is C12H11O2S-. The highest BCUT2D eigenvalue weighted by Crippen LogP contribution is 2.18. The molecule has 78 valence electrons. The standard InChI is InChI=1S/C12H12O2S/c13-15(14)9-8-11-6-3-5-10-4-1-2-7-12(10)11/h1-7H,8-9H2,(H,13,14)/p-1. The van der Waals surface area contributed by atoms with Crippen LogP contribution in [-0.2, 0) is 17.5 Å². The summed E-state index contributed by atoms with van der Waals surface area (Å²) in [5.41, 5.74) is 1.09. The molecule has 0 radical (unpaired) electrons. The predicted molar refractivity (Wildman–Crippen MR) is 61.4 cm³/mol. The summed E-state index contributed by atoms with van der Waals surface area (Å²) in [6.45, 7) is 0. The second-order valence-electron chi connectivity index (χ2n) is 3.40. The molecule has 0 amide bonds. The Morgan fingerprint density at radius 2 is 1.80 bits per heavy atom. The van der Waals surface area contributed by atoms with Gasteiger partial charge in [-0.2, -0.15) is 0 Å². The fraction of sp³-hybridized carbons (Fsp3) is 0.167. The predicted octanol–water partition coefficient (Wildman–Crippen LogP) is 2.26. The lowest BCUT2D eigenvalue weighted by Gasteiger charge is -2.07. The summed E-state index contributed by atoms with van der Waals surface area (Å²) in [6.07, 6.45) is 0.581. The number of hydrogen-bond donors (Lipinski definition) is 0. The normalized spacial score (nSPS) is 12.9. The molecule has 0 bridgehead atoms. The van der Waals surface area contributed by atoms with Crippen molar-refractivity contribution in [3.8, 4) is 0 Å². The van der Waals surface area contributed by atoms with Crippen LogP contribution in [-0.4, -0.2) is 14.5 Å². The van der Waals surface area contributed by atoms with Crippen LogP contribution in [0.25, 0.3) is 10.8 Å². The van der Waals surface area contributed by atoms with E-state index in [1.54, 1.807) is 0 Å². The Labute approximate surface area is 91.2 Å². The van der Waals surface area contributed by atoms with Gasteiger partial charge in [0.1, 0.15) is 0 Å². The number of aryl methyl sites for hydroxylation is 1. The minimum atomic E-state index is -1.96. The average molecular weight is 219 g/mol. The third kappa shape index (κ3) is 2.43. The van der Waals surface area contributed by atoms with E-state index in [0.29, 0.717) is 6.42 Å². The van der Waals surface area contributed by atoms with Crippen LogP contribution in [0, 0.1) is 0 Å². The minimum Gasteiger partial charge on any atom is -0.772 e. The first kappa shape index (κ1) is 10.3. The fourth-order valence-corrected chi connectivity index (χ4v) is 2.09. The molecule has 0 aliphatic rings. The first-order valence-electron chi connectivity index (χ1n) is 4.80. The largest absolute Gasteiger partial charge is 0.772 e. The third-order valence-corrected chi connectivity index (χ3v) is 2.96. The first-order chi connectivity index (χ1) is 7.27. The molecule has 0 aliphatic heterocycles. The maximum Gasteiger partial charge on any atom is 0.0142 e. The fourth-order valence-electron chi connectivity index (χ4n) is 1.70. The lowest BCUT2D eigenvalue weighted by atomic mass is 10.0. The molecule has 2 nitrogen and oxygen atoms in total. The topological polar surface area (TPSA) is 40.1 Å². The molecule has 15 heavy (non-hydrogen) atoms. The van der Waals surface area contributed by atoms with Gasteiger partial charge in [-0.3, -0.25) is 4.21 Å². The average Bonchev–Trinajstić information content (AvgIpc) is 2.26. The smallest absolute Gasteiger partial charge is 0.0142 e. The molecule has 0 spiro atoms. The van der Waals surface area contributed by atoms with Gasteiger partial charge in [0.2, 0.25) is 0 Å². The van der Waals surface area contributed by atoms with Gasteiger partial charge in [0.25, 0.3) is 0 Å². The molecule has 1 unspecified atom stereocenters. The summed E-state index contributed by atoms with van der Waals surface area (Å²) in [6, 6.07) is 14.0. The van der Waals surface area contributed by atoms with Crippen molar-refractivity contribution < 1.29 is 8.76 Å². The highest BCUT2D eigenvalue weighted by atomic mass is 32.2. The van der Waals surface area contributed by atoms with Gasteiger partial charge < -0.3 is 4.55 Å². The van der Waals surface area contributed by atoms with Crippen molar-refractivity contribution in [2.75, 3.05) is 5.75 Å². The summed E-state index contributed by atoms with van der Waals surface area (Å²) in [7, 11) is 0. The summed E-state index contributed by atoms with van der Waals surface area (Å²) in [5.74, 6) is 0.188. The van der Waals surface area contributed by atoms with Gasteiger partial charge in [0.05, 0.1) is 0 Å². The van der Waals surface area contributed by atoms with E-state index >= 15 is 0 Å². The Morgan fingerprint density at radius 3 is 2.60 bits per heavy atom. The molecule has 1 atom stereocenters. The third-order valence-electron chi connectivity index (χ3n) is 2.42. The van der Waals surface area contributed by atoms with Crippen molar-refractivity contribution in [1.82, 2.24) is 0 Å². The molecule has 2 rings (SSSR count).